The van der Waals surface area contributed by atoms with E-state index in [0.717, 1.165) is 31.0 Å². The molecule has 1 saturated carbocycles. The van der Waals surface area contributed by atoms with Gasteiger partial charge in [-0.1, -0.05) is 12.8 Å². The first kappa shape index (κ1) is 19.6. The number of carbonyl (C=O) groups excluding carboxylic acids is 2. The molecule has 1 saturated heterocycles. The third-order valence-corrected chi connectivity index (χ3v) is 4.66. The first-order valence-electron chi connectivity index (χ1n) is 7.94. The Balaban J connectivity index is 1.82. The Kier molecular flexibility index (Phi) is 5.72. The summed E-state index contributed by atoms with van der Waals surface area (Å²) in [6.45, 7) is 0.384. The highest BCUT2D eigenvalue weighted by molar-refractivity contribution is 5.84. The Hall–Kier alpha value is -1.68. The molecule has 1 heterocycles. The molecule has 3 amide bonds. The number of hydrogen-bond donors (Lipinski definition) is 2. The number of likely N-dealkylation sites (tertiary alicyclic amines) is 1. The van der Waals surface area contributed by atoms with Gasteiger partial charge < -0.3 is 15.5 Å². The van der Waals surface area contributed by atoms with Crippen LogP contribution in [-0.4, -0.2) is 54.9 Å². The average molecular weight is 375 g/mol. The molecule has 2 rings (SSSR count). The molecule has 0 aromatic heterocycles. The van der Waals surface area contributed by atoms with Crippen molar-refractivity contribution in [1.29, 1.82) is 0 Å². The Morgan fingerprint density at radius 2 is 1.44 bits per heavy atom. The van der Waals surface area contributed by atoms with E-state index < -0.39 is 36.9 Å². The predicted molar refractivity (Wildman–Crippen MR) is 74.5 cm³/mol. The van der Waals surface area contributed by atoms with Gasteiger partial charge in [0.1, 0.15) is 0 Å². The number of amides is 3. The maximum absolute atomic E-state index is 12.4. The van der Waals surface area contributed by atoms with Gasteiger partial charge in [0.05, 0.1) is 6.54 Å². The molecule has 2 fully saturated rings. The highest BCUT2D eigenvalue weighted by atomic mass is 19.4. The van der Waals surface area contributed by atoms with Gasteiger partial charge in [-0.05, 0) is 24.7 Å². The van der Waals surface area contributed by atoms with Crippen molar-refractivity contribution < 1.29 is 35.9 Å². The summed E-state index contributed by atoms with van der Waals surface area (Å²) in [4.78, 5) is 24.8. The fraction of sp³-hybridized carbons (Fsp3) is 0.857. The van der Waals surface area contributed by atoms with Crippen molar-refractivity contribution in [3.63, 3.8) is 0 Å². The summed E-state index contributed by atoms with van der Waals surface area (Å²) < 4.78 is 74.1. The molecule has 1 unspecified atom stereocenters. The molecule has 0 spiro atoms. The summed E-state index contributed by atoms with van der Waals surface area (Å²) in [6.07, 6.45) is -7.18. The number of hydrogen-bond acceptors (Lipinski definition) is 2. The van der Waals surface area contributed by atoms with Crippen molar-refractivity contribution in [3.05, 3.63) is 0 Å². The number of fused-ring (bicyclic) bond motifs is 1. The first-order chi connectivity index (χ1) is 11.5. The average Bonchev–Trinajstić information content (AvgIpc) is 2.92. The summed E-state index contributed by atoms with van der Waals surface area (Å²) in [5, 5.41) is 2.60. The van der Waals surface area contributed by atoms with Crippen LogP contribution in [0.2, 0.25) is 0 Å². The molecule has 11 heteroatoms. The van der Waals surface area contributed by atoms with Crippen molar-refractivity contribution in [2.24, 2.45) is 11.8 Å². The molecule has 5 nitrogen and oxygen atoms in total. The van der Waals surface area contributed by atoms with Crippen LogP contribution in [0.25, 0.3) is 0 Å². The van der Waals surface area contributed by atoms with Crippen LogP contribution in [0.15, 0.2) is 0 Å². The van der Waals surface area contributed by atoms with Crippen molar-refractivity contribution >= 4 is 11.9 Å². The van der Waals surface area contributed by atoms with Crippen molar-refractivity contribution in [2.45, 2.75) is 44.1 Å². The Bertz CT molecular complexity index is 480. The minimum atomic E-state index is -5.68. The van der Waals surface area contributed by atoms with Gasteiger partial charge in [0.25, 0.3) is 0 Å². The minimum absolute atomic E-state index is 0.381. The molecule has 1 aliphatic heterocycles. The zero-order chi connectivity index (χ0) is 18.8. The van der Waals surface area contributed by atoms with Crippen LogP contribution in [0.1, 0.15) is 25.7 Å². The molecule has 2 atom stereocenters. The van der Waals surface area contributed by atoms with Crippen LogP contribution in [-0.2, 0) is 4.79 Å². The number of carbonyl (C=O) groups is 2. The fourth-order valence-electron chi connectivity index (χ4n) is 3.41. The zero-order valence-corrected chi connectivity index (χ0v) is 13.2. The number of nitrogens with one attached hydrogen (secondary N) is 2. The summed E-state index contributed by atoms with van der Waals surface area (Å²) in [5.74, 6) is 0.248. The van der Waals surface area contributed by atoms with E-state index in [4.69, 9.17) is 0 Å². The Morgan fingerprint density at radius 3 is 1.88 bits per heavy atom. The van der Waals surface area contributed by atoms with E-state index in [1.807, 2.05) is 0 Å². The van der Waals surface area contributed by atoms with Gasteiger partial charge in [-0.25, -0.2) is 4.79 Å². The normalized spacial score (nSPS) is 24.2. The summed E-state index contributed by atoms with van der Waals surface area (Å²) in [5.41, 5.74) is 0. The lowest BCUT2D eigenvalue weighted by Crippen LogP contribution is -2.57. The smallest absolute Gasteiger partial charge is 0.341 e. The van der Waals surface area contributed by atoms with E-state index in [-0.39, 0.29) is 0 Å². The molecule has 0 bridgehead atoms. The van der Waals surface area contributed by atoms with E-state index in [1.54, 1.807) is 5.32 Å². The Labute approximate surface area is 140 Å². The molecule has 0 aromatic rings. The zero-order valence-electron chi connectivity index (χ0n) is 13.2. The van der Waals surface area contributed by atoms with Gasteiger partial charge in [0.2, 0.25) is 11.9 Å². The second-order valence-electron chi connectivity index (χ2n) is 6.45. The molecule has 1 aliphatic carbocycles. The quantitative estimate of drug-likeness (QED) is 0.745. The standard InChI is InChI=1S/C14H19F6N3O2/c15-13(16,17)11(14(18,19)20)22-12(25)21-5-10(24)23-6-8-3-1-2-4-9(8)7-23/h8-9,11H,1-7H2,(H2,21,22,25)/t8-,9?/m1/s1. The van der Waals surface area contributed by atoms with Gasteiger partial charge in [-0.3, -0.25) is 4.79 Å². The maximum Gasteiger partial charge on any atom is 0.417 e. The van der Waals surface area contributed by atoms with E-state index in [1.165, 1.54) is 4.90 Å². The van der Waals surface area contributed by atoms with Crippen LogP contribution < -0.4 is 10.6 Å². The largest absolute Gasteiger partial charge is 0.417 e. The van der Waals surface area contributed by atoms with Crippen LogP contribution in [0.3, 0.4) is 0 Å². The maximum atomic E-state index is 12.4. The number of alkyl halides is 6. The number of rotatable bonds is 3. The number of urea groups is 1. The molecule has 2 N–H and O–H groups in total. The fourth-order valence-corrected chi connectivity index (χ4v) is 3.41. The second kappa shape index (κ2) is 7.28. The van der Waals surface area contributed by atoms with E-state index in [2.05, 4.69) is 0 Å². The third-order valence-electron chi connectivity index (χ3n) is 4.66. The van der Waals surface area contributed by atoms with Gasteiger partial charge in [-0.15, -0.1) is 0 Å². The molecule has 2 aliphatic rings. The van der Waals surface area contributed by atoms with E-state index in [0.29, 0.717) is 24.9 Å². The summed E-state index contributed by atoms with van der Waals surface area (Å²) in [7, 11) is 0. The molecule has 0 radical (unpaired) electrons. The number of nitrogens with zero attached hydrogens (tertiary/aromatic N) is 1. The monoisotopic (exact) mass is 375 g/mol. The van der Waals surface area contributed by atoms with Gasteiger partial charge in [-0.2, -0.15) is 26.3 Å². The molecular formula is C14H19F6N3O2. The lowest BCUT2D eigenvalue weighted by Gasteiger charge is -2.24. The Morgan fingerprint density at radius 1 is 0.960 bits per heavy atom. The topological polar surface area (TPSA) is 61.4 Å². The lowest BCUT2D eigenvalue weighted by atomic mass is 9.82. The summed E-state index contributed by atoms with van der Waals surface area (Å²) in [6, 6.07) is -5.67. The third kappa shape index (κ3) is 5.15. The van der Waals surface area contributed by atoms with Crippen LogP contribution in [0, 0.1) is 11.8 Å². The molecular weight excluding hydrogens is 356 g/mol. The molecule has 144 valence electrons. The van der Waals surface area contributed by atoms with Crippen LogP contribution in [0.5, 0.6) is 0 Å². The molecule has 0 aromatic carbocycles. The van der Waals surface area contributed by atoms with E-state index >= 15 is 0 Å². The second-order valence-corrected chi connectivity index (χ2v) is 6.45. The van der Waals surface area contributed by atoms with Crippen molar-refractivity contribution in [1.82, 2.24) is 15.5 Å². The SMILES string of the molecule is O=C(NCC(=O)N1CC2CCCC[C@@H]2C1)NC(C(F)(F)F)C(F)(F)F. The van der Waals surface area contributed by atoms with Crippen molar-refractivity contribution in [2.75, 3.05) is 19.6 Å². The predicted octanol–water partition coefficient (Wildman–Crippen LogP) is 2.43. The van der Waals surface area contributed by atoms with Gasteiger partial charge in [0.15, 0.2) is 0 Å². The van der Waals surface area contributed by atoms with Gasteiger partial charge in [0, 0.05) is 13.1 Å². The van der Waals surface area contributed by atoms with Crippen LogP contribution >= 0.6 is 0 Å². The lowest BCUT2D eigenvalue weighted by molar-refractivity contribution is -0.255. The van der Waals surface area contributed by atoms with Crippen molar-refractivity contribution in [3.8, 4) is 0 Å². The number of halogens is 6. The molecule has 25 heavy (non-hydrogen) atoms. The van der Waals surface area contributed by atoms with E-state index in [9.17, 15) is 35.9 Å². The highest BCUT2D eigenvalue weighted by Gasteiger charge is 2.57. The minimum Gasteiger partial charge on any atom is -0.341 e. The summed E-state index contributed by atoms with van der Waals surface area (Å²) >= 11 is 0. The first-order valence-corrected chi connectivity index (χ1v) is 7.94. The van der Waals surface area contributed by atoms with Gasteiger partial charge >= 0.3 is 18.4 Å². The van der Waals surface area contributed by atoms with Crippen LogP contribution in [0.4, 0.5) is 31.1 Å². The highest BCUT2D eigenvalue weighted by Crippen LogP contribution is 2.36.